The smallest absolute Gasteiger partial charge is 0.417 e. The number of ether oxygens (including phenoxy) is 1. The predicted molar refractivity (Wildman–Crippen MR) is 104 cm³/mol. The van der Waals surface area contributed by atoms with Gasteiger partial charge in [-0.25, -0.2) is 18.6 Å². The van der Waals surface area contributed by atoms with Crippen molar-refractivity contribution in [3.63, 3.8) is 0 Å². The third-order valence-corrected chi connectivity index (χ3v) is 4.20. The molecule has 0 atom stereocenters. The van der Waals surface area contributed by atoms with Crippen LogP contribution in [0.2, 0.25) is 5.02 Å². The van der Waals surface area contributed by atoms with Crippen LogP contribution in [0.15, 0.2) is 54.7 Å². The van der Waals surface area contributed by atoms with Crippen molar-refractivity contribution in [2.75, 3.05) is 5.32 Å². The van der Waals surface area contributed by atoms with Crippen LogP contribution < -0.4 is 15.4 Å². The summed E-state index contributed by atoms with van der Waals surface area (Å²) in [6.45, 7) is 0. The zero-order chi connectivity index (χ0) is 23.5. The maximum absolute atomic E-state index is 13.6. The molecule has 0 fully saturated rings. The van der Waals surface area contributed by atoms with E-state index in [0.717, 1.165) is 30.3 Å². The Bertz CT molecular complexity index is 1150. The standard InChI is InChI=1S/C20H11ClF5N3O3/c21-12-6-5-11(8-15(12)32-16-7-4-10(9-27-16)20(24,25)26)28-19(31)29-18(30)17-13(22)2-1-3-14(17)23/h1-9H,(H2,28,29,30,31). The molecule has 0 saturated carbocycles. The van der Waals surface area contributed by atoms with Crippen molar-refractivity contribution in [3.8, 4) is 11.6 Å². The van der Waals surface area contributed by atoms with Gasteiger partial charge >= 0.3 is 12.2 Å². The number of benzene rings is 2. The maximum atomic E-state index is 13.6. The number of halogens is 6. The summed E-state index contributed by atoms with van der Waals surface area (Å²) in [4.78, 5) is 27.5. The molecule has 0 spiro atoms. The van der Waals surface area contributed by atoms with E-state index in [1.165, 1.54) is 18.2 Å². The molecule has 0 bridgehead atoms. The first-order valence-corrected chi connectivity index (χ1v) is 8.99. The summed E-state index contributed by atoms with van der Waals surface area (Å²) in [5.41, 5.74) is -1.86. The average molecular weight is 472 g/mol. The minimum atomic E-state index is -4.57. The van der Waals surface area contributed by atoms with Crippen molar-refractivity contribution < 1.29 is 36.3 Å². The zero-order valence-corrected chi connectivity index (χ0v) is 16.4. The molecule has 0 radical (unpaired) electrons. The highest BCUT2D eigenvalue weighted by Crippen LogP contribution is 2.33. The third kappa shape index (κ3) is 5.49. The van der Waals surface area contributed by atoms with Gasteiger partial charge in [0.05, 0.1) is 10.6 Å². The van der Waals surface area contributed by atoms with E-state index in [2.05, 4.69) is 10.3 Å². The van der Waals surface area contributed by atoms with Crippen LogP contribution >= 0.6 is 11.6 Å². The lowest BCUT2D eigenvalue weighted by molar-refractivity contribution is -0.137. The first kappa shape index (κ1) is 22.9. The third-order valence-electron chi connectivity index (χ3n) is 3.88. The van der Waals surface area contributed by atoms with Crippen LogP contribution in [0, 0.1) is 11.6 Å². The van der Waals surface area contributed by atoms with Crippen molar-refractivity contribution in [1.29, 1.82) is 0 Å². The summed E-state index contributed by atoms with van der Waals surface area (Å²) in [6.07, 6.45) is -3.99. The Morgan fingerprint density at radius 2 is 1.69 bits per heavy atom. The molecule has 0 unspecified atom stereocenters. The summed E-state index contributed by atoms with van der Waals surface area (Å²) >= 11 is 5.99. The Morgan fingerprint density at radius 1 is 1.00 bits per heavy atom. The number of hydrogen-bond acceptors (Lipinski definition) is 4. The molecular weight excluding hydrogens is 461 g/mol. The highest BCUT2D eigenvalue weighted by Gasteiger charge is 2.30. The summed E-state index contributed by atoms with van der Waals surface area (Å²) in [5.74, 6) is -3.88. The molecule has 0 saturated heterocycles. The van der Waals surface area contributed by atoms with E-state index in [9.17, 15) is 31.5 Å². The lowest BCUT2D eigenvalue weighted by atomic mass is 10.2. The van der Waals surface area contributed by atoms with Gasteiger partial charge in [-0.15, -0.1) is 0 Å². The molecule has 0 aliphatic heterocycles. The lowest BCUT2D eigenvalue weighted by Crippen LogP contribution is -2.35. The summed E-state index contributed by atoms with van der Waals surface area (Å²) in [5, 5.41) is 4.05. The quantitative estimate of drug-likeness (QED) is 0.472. The van der Waals surface area contributed by atoms with Crippen molar-refractivity contribution in [2.45, 2.75) is 6.18 Å². The lowest BCUT2D eigenvalue weighted by Gasteiger charge is -2.11. The Morgan fingerprint density at radius 3 is 2.28 bits per heavy atom. The van der Waals surface area contributed by atoms with Gasteiger partial charge in [0, 0.05) is 24.0 Å². The summed E-state index contributed by atoms with van der Waals surface area (Å²) in [6, 6.07) is 7.23. The van der Waals surface area contributed by atoms with Crippen LogP contribution in [-0.2, 0) is 6.18 Å². The molecule has 32 heavy (non-hydrogen) atoms. The molecule has 3 rings (SSSR count). The Kier molecular flexibility index (Phi) is 6.58. The largest absolute Gasteiger partial charge is 0.437 e. The minimum Gasteiger partial charge on any atom is -0.437 e. The van der Waals surface area contributed by atoms with E-state index in [4.69, 9.17) is 16.3 Å². The van der Waals surface area contributed by atoms with Gasteiger partial charge in [-0.05, 0) is 30.3 Å². The fraction of sp³-hybridized carbons (Fsp3) is 0.0500. The number of alkyl halides is 3. The van der Waals surface area contributed by atoms with Gasteiger partial charge in [0.25, 0.3) is 5.91 Å². The number of nitrogens with one attached hydrogen (secondary N) is 2. The normalized spacial score (nSPS) is 11.1. The van der Waals surface area contributed by atoms with Gasteiger partial charge < -0.3 is 10.1 Å². The highest BCUT2D eigenvalue weighted by atomic mass is 35.5. The van der Waals surface area contributed by atoms with Gasteiger partial charge in [0.2, 0.25) is 5.88 Å². The molecular formula is C20H11ClF5N3O3. The van der Waals surface area contributed by atoms with Crippen molar-refractivity contribution in [1.82, 2.24) is 10.3 Å². The molecule has 2 N–H and O–H groups in total. The first-order valence-electron chi connectivity index (χ1n) is 8.61. The van der Waals surface area contributed by atoms with Crippen molar-refractivity contribution in [2.24, 2.45) is 0 Å². The number of pyridine rings is 1. The second-order valence-corrected chi connectivity index (χ2v) is 6.54. The summed E-state index contributed by atoms with van der Waals surface area (Å²) < 4.78 is 70.5. The molecule has 6 nitrogen and oxygen atoms in total. The Balaban J connectivity index is 1.70. The second-order valence-electron chi connectivity index (χ2n) is 6.14. The van der Waals surface area contributed by atoms with Crippen LogP contribution in [0.1, 0.15) is 15.9 Å². The number of carbonyl (C=O) groups is 2. The topological polar surface area (TPSA) is 80.3 Å². The fourth-order valence-corrected chi connectivity index (χ4v) is 2.58. The molecule has 3 aromatic rings. The molecule has 1 heterocycles. The average Bonchev–Trinajstić information content (AvgIpc) is 2.70. The number of aromatic nitrogens is 1. The van der Waals surface area contributed by atoms with Crippen molar-refractivity contribution >= 4 is 29.2 Å². The van der Waals surface area contributed by atoms with Gasteiger partial charge in [0.1, 0.15) is 22.9 Å². The predicted octanol–water partition coefficient (Wildman–Crippen LogP) is 5.79. The Labute approximate surface area is 182 Å². The summed E-state index contributed by atoms with van der Waals surface area (Å²) in [7, 11) is 0. The van der Waals surface area contributed by atoms with Crippen LogP contribution in [0.4, 0.5) is 32.4 Å². The number of anilines is 1. The van der Waals surface area contributed by atoms with Crippen LogP contribution in [0.3, 0.4) is 0 Å². The molecule has 1 aromatic heterocycles. The van der Waals surface area contributed by atoms with Crippen LogP contribution in [0.5, 0.6) is 11.6 Å². The maximum Gasteiger partial charge on any atom is 0.417 e. The first-order chi connectivity index (χ1) is 15.0. The van der Waals surface area contributed by atoms with Crippen molar-refractivity contribution in [3.05, 3.63) is 82.5 Å². The van der Waals surface area contributed by atoms with Gasteiger partial charge in [-0.1, -0.05) is 17.7 Å². The van der Waals surface area contributed by atoms with Gasteiger partial charge in [-0.2, -0.15) is 13.2 Å². The number of rotatable bonds is 4. The molecule has 0 aliphatic carbocycles. The molecule has 3 amide bonds. The van der Waals surface area contributed by atoms with E-state index < -0.39 is 40.9 Å². The number of imide groups is 1. The molecule has 166 valence electrons. The molecule has 12 heteroatoms. The van der Waals surface area contributed by atoms with E-state index in [-0.39, 0.29) is 22.3 Å². The van der Waals surface area contributed by atoms with E-state index >= 15 is 0 Å². The number of amides is 3. The number of carbonyl (C=O) groups excluding carboxylic acids is 2. The number of hydrogen-bond donors (Lipinski definition) is 2. The minimum absolute atomic E-state index is 0.0437. The van der Waals surface area contributed by atoms with E-state index in [0.29, 0.717) is 6.20 Å². The number of urea groups is 1. The van der Waals surface area contributed by atoms with Gasteiger partial charge in [-0.3, -0.25) is 10.1 Å². The fourth-order valence-electron chi connectivity index (χ4n) is 2.42. The monoisotopic (exact) mass is 471 g/mol. The Hall–Kier alpha value is -3.73. The van der Waals surface area contributed by atoms with E-state index in [1.807, 2.05) is 0 Å². The van der Waals surface area contributed by atoms with E-state index in [1.54, 1.807) is 5.32 Å². The number of nitrogens with zero attached hydrogens (tertiary/aromatic N) is 1. The van der Waals surface area contributed by atoms with Gasteiger partial charge in [0.15, 0.2) is 0 Å². The van der Waals surface area contributed by atoms with Crippen LogP contribution in [0.25, 0.3) is 0 Å². The SMILES string of the molecule is O=C(NC(=O)c1c(F)cccc1F)Nc1ccc(Cl)c(Oc2ccc(C(F)(F)F)cn2)c1. The highest BCUT2D eigenvalue weighted by molar-refractivity contribution is 6.32. The molecule has 0 aliphatic rings. The second kappa shape index (κ2) is 9.18. The molecule has 2 aromatic carbocycles. The van der Waals surface area contributed by atoms with Crippen LogP contribution in [-0.4, -0.2) is 16.9 Å². The zero-order valence-electron chi connectivity index (χ0n) is 15.6.